The van der Waals surface area contributed by atoms with E-state index in [0.29, 0.717) is 84.6 Å². The molecule has 5 amide bonds. The van der Waals surface area contributed by atoms with Crippen molar-refractivity contribution in [1.82, 2.24) is 46.3 Å². The average Bonchev–Trinajstić information content (AvgIpc) is 3.41. The molecule has 0 aromatic heterocycles. The number of aliphatic carboxylic acids is 5. The van der Waals surface area contributed by atoms with Crippen molar-refractivity contribution in [1.29, 1.82) is 0 Å². The molecular weight excluding hydrogens is 1030 g/mol. The Morgan fingerprint density at radius 1 is 0.582 bits per heavy atom. The molecule has 25 nitrogen and oxygen atoms in total. The summed E-state index contributed by atoms with van der Waals surface area (Å²) in [6.45, 7) is 4.17. The lowest BCUT2D eigenvalue weighted by Crippen LogP contribution is -2.51. The van der Waals surface area contributed by atoms with E-state index < -0.39 is 65.8 Å². The first-order valence-corrected chi connectivity index (χ1v) is 26.7. The maximum absolute atomic E-state index is 14.1. The second kappa shape index (κ2) is 31.9. The molecule has 1 heterocycles. The number of fused-ring (bicyclic) bond motifs is 2. The quantitative estimate of drug-likeness (QED) is 0.0277. The summed E-state index contributed by atoms with van der Waals surface area (Å²) >= 11 is 0. The second-order valence-corrected chi connectivity index (χ2v) is 20.3. The predicted octanol–water partition coefficient (Wildman–Crippen LogP) is 1.21. The SMILES string of the molecule is CC(=O)CN1CCN(CC(=O)O)CCN(CC(=O)O)CCN(CC(=O)NCC2CCC(C(=O)N[C@@H](Cc3c4ccccc4cc4ccccc34)C(=O)NOCCC[C@H](NC(=O)N[C@@H](CCCC(=O)O)C(=O)O)C(=O)O)CC2)CC1. The van der Waals surface area contributed by atoms with Gasteiger partial charge in [-0.1, -0.05) is 48.5 Å². The molecule has 3 aromatic rings. The summed E-state index contributed by atoms with van der Waals surface area (Å²) in [5, 5.41) is 61.2. The smallest absolute Gasteiger partial charge is 0.326 e. The third-order valence-electron chi connectivity index (χ3n) is 14.2. The number of nitrogens with zero attached hydrogens (tertiary/aromatic N) is 4. The zero-order chi connectivity index (χ0) is 57.4. The topological polar surface area (TPSA) is 354 Å². The molecule has 0 bridgehead atoms. The number of amides is 5. The zero-order valence-electron chi connectivity index (χ0n) is 44.6. The standard InChI is InChI=1S/C54H75N9O16/c1-35(64)31-60-19-21-61(22-24-63(34-49(70)71)26-25-62(23-20-60)33-48(68)69)32-46(65)55-30-36-15-17-37(18-16-36)50(72)56-45(29-42-40-10-4-2-8-38(40)28-39-9-3-5-11-41(39)42)51(73)59-79-27-7-13-44(53(76)77)58-54(78)57-43(52(74)75)12-6-14-47(66)67/h2-5,8-11,28,36-37,43-45H,6-7,12-27,29-34H2,1H3,(H,55,65)(H,56,72)(H,59,73)(H,66,67)(H,68,69)(H,70,71)(H,74,75)(H,76,77)(H2,57,58,78)/t36?,37?,43-,44-,45-/m0/s1. The lowest BCUT2D eigenvalue weighted by molar-refractivity contribution is -0.141. The molecule has 3 atom stereocenters. The molecule has 79 heavy (non-hydrogen) atoms. The Kier molecular flexibility index (Phi) is 25.3. The number of hydrogen-bond donors (Lipinski definition) is 10. The fourth-order valence-corrected chi connectivity index (χ4v) is 9.97. The van der Waals surface area contributed by atoms with E-state index in [0.717, 1.165) is 27.1 Å². The van der Waals surface area contributed by atoms with Crippen LogP contribution in [0.25, 0.3) is 21.5 Å². The average molecular weight is 1110 g/mol. The molecule has 25 heteroatoms. The molecule has 0 unspecified atom stereocenters. The molecule has 1 aliphatic carbocycles. The fourth-order valence-electron chi connectivity index (χ4n) is 9.97. The van der Waals surface area contributed by atoms with E-state index in [4.69, 9.17) is 9.94 Å². The van der Waals surface area contributed by atoms with Crippen LogP contribution in [0.4, 0.5) is 4.79 Å². The van der Waals surface area contributed by atoms with Crippen molar-refractivity contribution in [3.05, 3.63) is 60.2 Å². The van der Waals surface area contributed by atoms with Crippen molar-refractivity contribution in [2.45, 2.75) is 89.3 Å². The van der Waals surface area contributed by atoms with Crippen molar-refractivity contribution in [2.24, 2.45) is 11.8 Å². The van der Waals surface area contributed by atoms with Crippen LogP contribution in [0.3, 0.4) is 0 Å². The minimum Gasteiger partial charge on any atom is -0.481 e. The van der Waals surface area contributed by atoms with E-state index in [-0.39, 0.29) is 94.8 Å². The lowest BCUT2D eigenvalue weighted by atomic mass is 9.81. The fraction of sp³-hybridized carbons (Fsp3) is 0.556. The Morgan fingerprint density at radius 2 is 1.06 bits per heavy atom. The van der Waals surface area contributed by atoms with E-state index in [1.165, 1.54) is 6.92 Å². The molecule has 432 valence electrons. The van der Waals surface area contributed by atoms with Gasteiger partial charge in [-0.25, -0.2) is 19.9 Å². The van der Waals surface area contributed by atoms with E-state index >= 15 is 0 Å². The number of Topliss-reactive ketones (excluding diaryl/α,β-unsaturated/α-hetero) is 1. The number of hydrogen-bond acceptors (Lipinski definition) is 15. The van der Waals surface area contributed by atoms with Crippen LogP contribution < -0.4 is 26.7 Å². The number of carboxylic acids is 5. The Bertz CT molecular complexity index is 2530. The summed E-state index contributed by atoms with van der Waals surface area (Å²) in [4.78, 5) is 137. The summed E-state index contributed by atoms with van der Waals surface area (Å²) in [5.41, 5.74) is 3.23. The Labute approximate surface area is 457 Å². The molecule has 2 aliphatic rings. The van der Waals surface area contributed by atoms with Crippen molar-refractivity contribution in [2.75, 3.05) is 91.7 Å². The van der Waals surface area contributed by atoms with Gasteiger partial charge in [0, 0.05) is 77.7 Å². The number of rotatable bonds is 28. The minimum absolute atomic E-state index is 0.0115. The van der Waals surface area contributed by atoms with Gasteiger partial charge in [0.15, 0.2) is 0 Å². The van der Waals surface area contributed by atoms with Crippen LogP contribution in [-0.2, 0) is 54.4 Å². The van der Waals surface area contributed by atoms with E-state index in [2.05, 4.69) is 26.7 Å². The summed E-state index contributed by atoms with van der Waals surface area (Å²) in [7, 11) is 0. The Balaban J connectivity index is 1.17. The van der Waals surface area contributed by atoms with Crippen LogP contribution in [0.1, 0.15) is 70.3 Å². The van der Waals surface area contributed by atoms with Gasteiger partial charge in [0.2, 0.25) is 11.8 Å². The molecule has 2 fully saturated rings. The minimum atomic E-state index is -1.47. The predicted molar refractivity (Wildman–Crippen MR) is 287 cm³/mol. The molecular formula is C54H75N9O16. The maximum Gasteiger partial charge on any atom is 0.326 e. The van der Waals surface area contributed by atoms with Crippen molar-refractivity contribution < 1.29 is 78.3 Å². The van der Waals surface area contributed by atoms with E-state index in [9.17, 15) is 68.4 Å². The highest BCUT2D eigenvalue weighted by Gasteiger charge is 2.32. The number of carbonyl (C=O) groups is 10. The van der Waals surface area contributed by atoms with Gasteiger partial charge < -0.3 is 46.8 Å². The third kappa shape index (κ3) is 21.8. The zero-order valence-corrected chi connectivity index (χ0v) is 44.6. The van der Waals surface area contributed by atoms with Crippen LogP contribution in [0.2, 0.25) is 0 Å². The number of urea groups is 1. The highest BCUT2D eigenvalue weighted by Crippen LogP contribution is 2.31. The summed E-state index contributed by atoms with van der Waals surface area (Å²) in [6.07, 6.45) is 1.53. The van der Waals surface area contributed by atoms with Gasteiger partial charge in [0.25, 0.3) is 5.91 Å². The van der Waals surface area contributed by atoms with Crippen LogP contribution in [0.5, 0.6) is 0 Å². The van der Waals surface area contributed by atoms with E-state index in [1.54, 1.807) is 9.80 Å². The van der Waals surface area contributed by atoms with Gasteiger partial charge >= 0.3 is 35.9 Å². The summed E-state index contributed by atoms with van der Waals surface area (Å²) in [5.74, 6) is -7.71. The number of carbonyl (C=O) groups excluding carboxylic acids is 5. The highest BCUT2D eigenvalue weighted by atomic mass is 16.6. The third-order valence-corrected chi connectivity index (χ3v) is 14.2. The first kappa shape index (κ1) is 62.5. The number of ketones is 1. The molecule has 10 N–H and O–H groups in total. The monoisotopic (exact) mass is 1110 g/mol. The normalized spacial score (nSPS) is 18.4. The number of carboxylic acid groups (broad SMARTS) is 5. The van der Waals surface area contributed by atoms with Crippen LogP contribution in [-0.4, -0.2) is 214 Å². The van der Waals surface area contributed by atoms with Crippen molar-refractivity contribution in [3.8, 4) is 0 Å². The number of nitrogens with one attached hydrogen (secondary N) is 5. The lowest BCUT2D eigenvalue weighted by Gasteiger charge is -2.33. The molecule has 5 rings (SSSR count). The summed E-state index contributed by atoms with van der Waals surface area (Å²) in [6, 6.07) is 12.3. The molecule has 3 aromatic carbocycles. The van der Waals surface area contributed by atoms with Crippen molar-refractivity contribution in [3.63, 3.8) is 0 Å². The molecule has 0 spiro atoms. The molecule has 1 saturated heterocycles. The molecule has 0 radical (unpaired) electrons. The van der Waals surface area contributed by atoms with E-state index in [1.807, 2.05) is 64.4 Å². The van der Waals surface area contributed by atoms with Gasteiger partial charge in [0.1, 0.15) is 23.9 Å². The first-order chi connectivity index (χ1) is 37.7. The summed E-state index contributed by atoms with van der Waals surface area (Å²) < 4.78 is 0. The maximum atomic E-state index is 14.1. The van der Waals surface area contributed by atoms with Crippen molar-refractivity contribution >= 4 is 80.9 Å². The van der Waals surface area contributed by atoms with Crippen LogP contribution >= 0.6 is 0 Å². The van der Waals surface area contributed by atoms with Crippen LogP contribution in [0, 0.1) is 11.8 Å². The largest absolute Gasteiger partial charge is 0.481 e. The van der Waals surface area contributed by atoms with Gasteiger partial charge in [-0.15, -0.1) is 0 Å². The molecule has 1 aliphatic heterocycles. The molecule has 1 saturated carbocycles. The number of benzene rings is 3. The van der Waals surface area contributed by atoms with Gasteiger partial charge in [-0.3, -0.25) is 58.0 Å². The second-order valence-electron chi connectivity index (χ2n) is 20.3. The van der Waals surface area contributed by atoms with Gasteiger partial charge in [-0.05, 0) is 97.4 Å². The van der Waals surface area contributed by atoms with Gasteiger partial charge in [0.05, 0.1) is 32.8 Å². The Hall–Kier alpha value is -7.32. The highest BCUT2D eigenvalue weighted by molar-refractivity contribution is 6.03. The Morgan fingerprint density at radius 3 is 1.54 bits per heavy atom. The van der Waals surface area contributed by atoms with Gasteiger partial charge in [-0.2, -0.15) is 0 Å². The first-order valence-electron chi connectivity index (χ1n) is 26.7. The van der Waals surface area contributed by atoms with Crippen LogP contribution in [0.15, 0.2) is 54.6 Å². The number of hydroxylamine groups is 1.